The van der Waals surface area contributed by atoms with Crippen molar-refractivity contribution in [3.8, 4) is 5.75 Å². The molecule has 0 aliphatic rings. The highest BCUT2D eigenvalue weighted by Gasteiger charge is 2.30. The minimum absolute atomic E-state index is 0.189. The first-order valence-corrected chi connectivity index (χ1v) is 5.86. The van der Waals surface area contributed by atoms with E-state index in [-0.39, 0.29) is 5.75 Å². The Morgan fingerprint density at radius 3 is 2.11 bits per heavy atom. The monoisotopic (exact) mass is 261 g/mol. The maximum Gasteiger partial charge on any atom is 0.573 e. The van der Waals surface area contributed by atoms with Crippen molar-refractivity contribution in [2.24, 2.45) is 17.6 Å². The number of halogens is 3. The third kappa shape index (κ3) is 4.96. The summed E-state index contributed by atoms with van der Waals surface area (Å²) in [6.45, 7) is 4.75. The Balaban J connectivity index is 2.60. The standard InChI is InChI=1S/C13H18F3NO/c1-9(10(2)8-17)7-11-3-5-12(6-4-11)18-13(14,15)16/h3-6,9-10H,7-8,17H2,1-2H3. The van der Waals surface area contributed by atoms with Gasteiger partial charge in [-0.15, -0.1) is 13.2 Å². The molecule has 2 atom stereocenters. The minimum Gasteiger partial charge on any atom is -0.406 e. The van der Waals surface area contributed by atoms with Gasteiger partial charge < -0.3 is 10.5 Å². The number of hydrogen-bond donors (Lipinski definition) is 1. The minimum atomic E-state index is -4.64. The highest BCUT2D eigenvalue weighted by atomic mass is 19.4. The van der Waals surface area contributed by atoms with Crippen LogP contribution in [-0.4, -0.2) is 12.9 Å². The zero-order chi connectivity index (χ0) is 13.8. The van der Waals surface area contributed by atoms with Gasteiger partial charge >= 0.3 is 6.36 Å². The number of ether oxygens (including phenoxy) is 1. The van der Waals surface area contributed by atoms with Gasteiger partial charge in [0.1, 0.15) is 5.75 Å². The number of rotatable bonds is 5. The molecular weight excluding hydrogens is 243 g/mol. The summed E-state index contributed by atoms with van der Waals surface area (Å²) in [6.07, 6.45) is -3.84. The molecule has 0 spiro atoms. The molecule has 0 aliphatic heterocycles. The van der Waals surface area contributed by atoms with Crippen molar-refractivity contribution in [1.29, 1.82) is 0 Å². The van der Waals surface area contributed by atoms with Crippen molar-refractivity contribution in [3.05, 3.63) is 29.8 Å². The number of alkyl halides is 3. The zero-order valence-electron chi connectivity index (χ0n) is 10.5. The van der Waals surface area contributed by atoms with Gasteiger partial charge in [-0.05, 0) is 42.5 Å². The Morgan fingerprint density at radius 1 is 1.11 bits per heavy atom. The second-order valence-corrected chi connectivity index (χ2v) is 4.59. The van der Waals surface area contributed by atoms with Crippen LogP contribution >= 0.6 is 0 Å². The van der Waals surface area contributed by atoms with Crippen LogP contribution in [0.1, 0.15) is 19.4 Å². The van der Waals surface area contributed by atoms with Crippen LogP contribution in [0.4, 0.5) is 13.2 Å². The van der Waals surface area contributed by atoms with E-state index in [0.717, 1.165) is 12.0 Å². The van der Waals surface area contributed by atoms with Gasteiger partial charge in [-0.3, -0.25) is 0 Å². The Hall–Kier alpha value is -1.23. The molecule has 1 aromatic carbocycles. The van der Waals surface area contributed by atoms with E-state index in [0.29, 0.717) is 18.4 Å². The largest absolute Gasteiger partial charge is 0.573 e. The maximum atomic E-state index is 12.0. The maximum absolute atomic E-state index is 12.0. The van der Waals surface area contributed by atoms with E-state index in [1.54, 1.807) is 12.1 Å². The van der Waals surface area contributed by atoms with Crippen LogP contribution in [-0.2, 0) is 6.42 Å². The van der Waals surface area contributed by atoms with Gasteiger partial charge in [-0.25, -0.2) is 0 Å². The molecule has 1 rings (SSSR count). The first-order chi connectivity index (χ1) is 8.31. The van der Waals surface area contributed by atoms with Crippen LogP contribution in [0.25, 0.3) is 0 Å². The molecule has 2 unspecified atom stereocenters. The summed E-state index contributed by atoms with van der Waals surface area (Å²) >= 11 is 0. The van der Waals surface area contributed by atoms with Gasteiger partial charge in [-0.2, -0.15) is 0 Å². The second-order valence-electron chi connectivity index (χ2n) is 4.59. The van der Waals surface area contributed by atoms with Crippen LogP contribution in [0, 0.1) is 11.8 Å². The fourth-order valence-corrected chi connectivity index (χ4v) is 1.63. The Labute approximate surface area is 105 Å². The molecule has 2 nitrogen and oxygen atoms in total. The molecule has 0 aliphatic carbocycles. The molecule has 0 aromatic heterocycles. The summed E-state index contributed by atoms with van der Waals surface area (Å²) in [5.74, 6) is 0.589. The third-order valence-electron chi connectivity index (χ3n) is 3.06. The lowest BCUT2D eigenvalue weighted by Crippen LogP contribution is -2.20. The van der Waals surface area contributed by atoms with E-state index in [4.69, 9.17) is 5.73 Å². The SMILES string of the molecule is CC(CN)C(C)Cc1ccc(OC(F)(F)F)cc1. The fourth-order valence-electron chi connectivity index (χ4n) is 1.63. The molecule has 0 amide bonds. The third-order valence-corrected chi connectivity index (χ3v) is 3.06. The molecule has 1 aromatic rings. The van der Waals surface area contributed by atoms with Crippen LogP contribution in [0.5, 0.6) is 5.75 Å². The number of benzene rings is 1. The van der Waals surface area contributed by atoms with Crippen molar-refractivity contribution >= 4 is 0 Å². The Bertz CT molecular complexity index is 361. The van der Waals surface area contributed by atoms with Crippen molar-refractivity contribution in [1.82, 2.24) is 0 Å². The van der Waals surface area contributed by atoms with Crippen LogP contribution < -0.4 is 10.5 Å². The van der Waals surface area contributed by atoms with Crippen LogP contribution in [0.3, 0.4) is 0 Å². The predicted octanol–water partition coefficient (Wildman–Crippen LogP) is 3.36. The Kier molecular flexibility index (Phi) is 5.02. The summed E-state index contributed by atoms with van der Waals surface area (Å²) < 4.78 is 39.7. The van der Waals surface area contributed by atoms with E-state index >= 15 is 0 Å². The summed E-state index contributed by atoms with van der Waals surface area (Å²) in [6, 6.07) is 5.98. The quantitative estimate of drug-likeness (QED) is 0.882. The molecule has 102 valence electrons. The fraction of sp³-hybridized carbons (Fsp3) is 0.538. The van der Waals surface area contributed by atoms with Gasteiger partial charge in [0.2, 0.25) is 0 Å². The van der Waals surface area contributed by atoms with Gasteiger partial charge in [0, 0.05) is 0 Å². The highest BCUT2D eigenvalue weighted by molar-refractivity contribution is 5.27. The van der Waals surface area contributed by atoms with Crippen molar-refractivity contribution in [2.75, 3.05) is 6.54 Å². The van der Waals surface area contributed by atoms with Gasteiger partial charge in [0.05, 0.1) is 0 Å². The molecule has 0 bridgehead atoms. The molecule has 0 saturated carbocycles. The van der Waals surface area contributed by atoms with E-state index in [1.165, 1.54) is 12.1 Å². The first-order valence-electron chi connectivity index (χ1n) is 5.86. The van der Waals surface area contributed by atoms with Crippen LogP contribution in [0.15, 0.2) is 24.3 Å². The summed E-state index contributed by atoms with van der Waals surface area (Å²) in [7, 11) is 0. The van der Waals surface area contributed by atoms with Gasteiger partial charge in [0.25, 0.3) is 0 Å². The molecule has 5 heteroatoms. The lowest BCUT2D eigenvalue weighted by Gasteiger charge is -2.18. The molecule has 18 heavy (non-hydrogen) atoms. The van der Waals surface area contributed by atoms with E-state index in [1.807, 2.05) is 0 Å². The molecule has 0 fully saturated rings. The predicted molar refractivity (Wildman–Crippen MR) is 64.2 cm³/mol. The second kappa shape index (κ2) is 6.09. The highest BCUT2D eigenvalue weighted by Crippen LogP contribution is 2.24. The molecule has 2 N–H and O–H groups in total. The lowest BCUT2D eigenvalue weighted by molar-refractivity contribution is -0.274. The van der Waals surface area contributed by atoms with E-state index in [2.05, 4.69) is 18.6 Å². The number of hydrogen-bond acceptors (Lipinski definition) is 2. The summed E-state index contributed by atoms with van der Waals surface area (Å²) in [5.41, 5.74) is 6.56. The summed E-state index contributed by atoms with van der Waals surface area (Å²) in [5, 5.41) is 0. The average molecular weight is 261 g/mol. The van der Waals surface area contributed by atoms with Gasteiger partial charge in [-0.1, -0.05) is 26.0 Å². The smallest absolute Gasteiger partial charge is 0.406 e. The molecular formula is C13H18F3NO. The van der Waals surface area contributed by atoms with Crippen molar-refractivity contribution in [2.45, 2.75) is 26.6 Å². The molecule has 0 heterocycles. The van der Waals surface area contributed by atoms with Crippen molar-refractivity contribution in [3.63, 3.8) is 0 Å². The Morgan fingerprint density at radius 2 is 1.67 bits per heavy atom. The lowest BCUT2D eigenvalue weighted by atomic mass is 9.90. The topological polar surface area (TPSA) is 35.2 Å². The van der Waals surface area contributed by atoms with E-state index < -0.39 is 6.36 Å². The normalized spacial score (nSPS) is 15.2. The molecule has 0 radical (unpaired) electrons. The average Bonchev–Trinajstić information content (AvgIpc) is 2.28. The van der Waals surface area contributed by atoms with E-state index in [9.17, 15) is 13.2 Å². The summed E-state index contributed by atoms with van der Waals surface area (Å²) in [4.78, 5) is 0. The first kappa shape index (κ1) is 14.8. The zero-order valence-corrected chi connectivity index (χ0v) is 10.5. The van der Waals surface area contributed by atoms with Crippen LogP contribution in [0.2, 0.25) is 0 Å². The molecule has 0 saturated heterocycles. The van der Waals surface area contributed by atoms with Gasteiger partial charge in [0.15, 0.2) is 0 Å². The number of nitrogens with two attached hydrogens (primary N) is 1. The van der Waals surface area contributed by atoms with Crippen molar-refractivity contribution < 1.29 is 17.9 Å².